The van der Waals surface area contributed by atoms with Gasteiger partial charge >= 0.3 is 6.01 Å². The van der Waals surface area contributed by atoms with Crippen LogP contribution in [0.15, 0.2) is 55.0 Å². The smallest absolute Gasteiger partial charge is 0.302 e. The lowest BCUT2D eigenvalue weighted by molar-refractivity contribution is -0.117. The van der Waals surface area contributed by atoms with Gasteiger partial charge in [-0.2, -0.15) is 4.98 Å². The Balaban J connectivity index is 1.42. The van der Waals surface area contributed by atoms with Gasteiger partial charge < -0.3 is 9.64 Å². The molecule has 3 aromatic heterocycles. The zero-order valence-corrected chi connectivity index (χ0v) is 21.4. The van der Waals surface area contributed by atoms with Crippen LogP contribution in [0.5, 0.6) is 6.01 Å². The lowest BCUT2D eigenvalue weighted by Gasteiger charge is -2.29. The van der Waals surface area contributed by atoms with Crippen LogP contribution < -0.4 is 9.64 Å². The Hall–Kier alpha value is -4.29. The van der Waals surface area contributed by atoms with Crippen LogP contribution in [0.1, 0.15) is 25.7 Å². The average Bonchev–Trinajstić information content (AvgIpc) is 3.61. The molecule has 2 aliphatic heterocycles. The van der Waals surface area contributed by atoms with Gasteiger partial charge in [0.05, 0.1) is 24.4 Å². The summed E-state index contributed by atoms with van der Waals surface area (Å²) >= 11 is 0. The summed E-state index contributed by atoms with van der Waals surface area (Å²) in [4.78, 5) is 34.2. The Kier molecular flexibility index (Phi) is 6.48. The van der Waals surface area contributed by atoms with E-state index >= 15 is 0 Å². The molecule has 2 aliphatic rings. The number of anilines is 1. The zero-order valence-electron chi connectivity index (χ0n) is 21.4. The van der Waals surface area contributed by atoms with E-state index in [1.54, 1.807) is 29.4 Å². The molecule has 9 heteroatoms. The van der Waals surface area contributed by atoms with Crippen LogP contribution in [0.4, 0.5) is 11.5 Å². The SMILES string of the molecule is [C-]#[N+]c1ccc(-c2nc(OC[C@@H]3CCCN(C)C3)n3ccnc3c2-c2ccc(N3CCCC3=O)nc2)cc1. The van der Waals surface area contributed by atoms with Crippen molar-refractivity contribution in [1.82, 2.24) is 24.3 Å². The molecule has 4 aromatic rings. The highest BCUT2D eigenvalue weighted by atomic mass is 16.5. The quantitative estimate of drug-likeness (QED) is 0.347. The van der Waals surface area contributed by atoms with Crippen LogP contribution in [0.3, 0.4) is 0 Å². The number of carbonyl (C=O) groups excluding carboxylic acids is 1. The highest BCUT2D eigenvalue weighted by Gasteiger charge is 2.25. The molecule has 6 rings (SSSR count). The van der Waals surface area contributed by atoms with E-state index in [4.69, 9.17) is 16.3 Å². The monoisotopic (exact) mass is 507 g/mol. The van der Waals surface area contributed by atoms with Crippen molar-refractivity contribution in [3.05, 3.63) is 66.4 Å². The van der Waals surface area contributed by atoms with Crippen molar-refractivity contribution in [2.24, 2.45) is 5.92 Å². The third-order valence-corrected chi connectivity index (χ3v) is 7.34. The first-order chi connectivity index (χ1) is 18.6. The molecule has 0 saturated carbocycles. The van der Waals surface area contributed by atoms with Gasteiger partial charge in [0.15, 0.2) is 11.3 Å². The number of pyridine rings is 1. The fourth-order valence-electron chi connectivity index (χ4n) is 5.41. The molecule has 0 spiro atoms. The number of likely N-dealkylation sites (tertiary alicyclic amines) is 1. The summed E-state index contributed by atoms with van der Waals surface area (Å²) < 4.78 is 8.22. The molecule has 192 valence electrons. The van der Waals surface area contributed by atoms with E-state index < -0.39 is 0 Å². The van der Waals surface area contributed by atoms with Crippen LogP contribution in [0, 0.1) is 12.5 Å². The summed E-state index contributed by atoms with van der Waals surface area (Å²) in [6.07, 6.45) is 9.11. The first kappa shape index (κ1) is 24.1. The second-order valence-corrected chi connectivity index (χ2v) is 10.0. The molecular formula is C29H29N7O2. The number of carbonyl (C=O) groups is 1. The summed E-state index contributed by atoms with van der Waals surface area (Å²) in [6.45, 7) is 10.7. The van der Waals surface area contributed by atoms with E-state index in [9.17, 15) is 4.79 Å². The van der Waals surface area contributed by atoms with E-state index in [1.165, 1.54) is 6.42 Å². The van der Waals surface area contributed by atoms with Gasteiger partial charge in [0, 0.05) is 49.6 Å². The number of aromatic nitrogens is 4. The molecule has 0 aliphatic carbocycles. The summed E-state index contributed by atoms with van der Waals surface area (Å²) in [6, 6.07) is 11.7. The van der Waals surface area contributed by atoms with E-state index in [0.29, 0.717) is 54.3 Å². The normalized spacial score (nSPS) is 18.2. The van der Waals surface area contributed by atoms with E-state index in [0.717, 1.165) is 42.6 Å². The molecule has 2 saturated heterocycles. The van der Waals surface area contributed by atoms with Gasteiger partial charge in [0.1, 0.15) is 5.82 Å². The Bertz CT molecular complexity index is 1510. The minimum absolute atomic E-state index is 0.105. The number of hydrogen-bond acceptors (Lipinski definition) is 6. The van der Waals surface area contributed by atoms with Gasteiger partial charge in [0.2, 0.25) is 5.91 Å². The molecule has 0 unspecified atom stereocenters. The minimum Gasteiger partial charge on any atom is -0.464 e. The van der Waals surface area contributed by atoms with Gasteiger partial charge in [-0.05, 0) is 50.6 Å². The molecule has 0 N–H and O–H groups in total. The van der Waals surface area contributed by atoms with Gasteiger partial charge in [-0.15, -0.1) is 0 Å². The Morgan fingerprint density at radius 1 is 1.08 bits per heavy atom. The summed E-state index contributed by atoms with van der Waals surface area (Å²) in [7, 11) is 2.15. The molecule has 9 nitrogen and oxygen atoms in total. The van der Waals surface area contributed by atoms with E-state index in [-0.39, 0.29) is 5.91 Å². The predicted molar refractivity (Wildman–Crippen MR) is 145 cm³/mol. The molecule has 1 atom stereocenters. The topological polar surface area (TPSA) is 80.2 Å². The molecule has 1 amide bonds. The zero-order chi connectivity index (χ0) is 26.1. The van der Waals surface area contributed by atoms with Crippen molar-refractivity contribution >= 4 is 23.1 Å². The molecule has 38 heavy (non-hydrogen) atoms. The van der Waals surface area contributed by atoms with Crippen LogP contribution in [0.2, 0.25) is 0 Å². The number of ether oxygens (including phenoxy) is 1. The number of rotatable bonds is 6. The van der Waals surface area contributed by atoms with Crippen LogP contribution in [-0.4, -0.2) is 63.4 Å². The Labute approximate surface area is 221 Å². The average molecular weight is 508 g/mol. The molecular weight excluding hydrogens is 478 g/mol. The number of piperidine rings is 1. The fourth-order valence-corrected chi connectivity index (χ4v) is 5.41. The fraction of sp³-hybridized carbons (Fsp3) is 0.345. The molecule has 0 bridgehead atoms. The molecule has 2 fully saturated rings. The first-order valence-corrected chi connectivity index (χ1v) is 13.0. The predicted octanol–water partition coefficient (Wildman–Crippen LogP) is 4.86. The maximum atomic E-state index is 12.2. The van der Waals surface area contributed by atoms with Crippen molar-refractivity contribution in [3.63, 3.8) is 0 Å². The lowest BCUT2D eigenvalue weighted by Crippen LogP contribution is -2.35. The lowest BCUT2D eigenvalue weighted by atomic mass is 10.00. The third-order valence-electron chi connectivity index (χ3n) is 7.34. The number of fused-ring (bicyclic) bond motifs is 1. The van der Waals surface area contributed by atoms with Crippen molar-refractivity contribution in [2.45, 2.75) is 25.7 Å². The number of amides is 1. The van der Waals surface area contributed by atoms with Crippen molar-refractivity contribution < 1.29 is 9.53 Å². The summed E-state index contributed by atoms with van der Waals surface area (Å²) in [5.74, 6) is 1.21. The van der Waals surface area contributed by atoms with Crippen LogP contribution in [-0.2, 0) is 4.79 Å². The molecule has 0 radical (unpaired) electrons. The number of imidazole rings is 1. The Morgan fingerprint density at radius 3 is 2.63 bits per heavy atom. The standard InChI is InChI=1S/C29H29N7O2/c1-30-23-10-7-21(8-11-23)27-26(22-9-12-24(32-17-22)35-15-4-6-25(35)37)28-31-13-16-36(28)29(33-27)38-19-20-5-3-14-34(2)18-20/h7-13,16-17,20H,3-6,14-15,18-19H2,2H3/t20-/m1/s1. The van der Waals surface area contributed by atoms with Crippen molar-refractivity contribution in [3.8, 4) is 28.4 Å². The maximum Gasteiger partial charge on any atom is 0.302 e. The van der Waals surface area contributed by atoms with Gasteiger partial charge in [-0.25, -0.2) is 14.8 Å². The van der Waals surface area contributed by atoms with Crippen LogP contribution >= 0.6 is 0 Å². The highest BCUT2D eigenvalue weighted by molar-refractivity contribution is 5.95. The van der Waals surface area contributed by atoms with Gasteiger partial charge in [0.25, 0.3) is 0 Å². The highest BCUT2D eigenvalue weighted by Crippen LogP contribution is 2.37. The van der Waals surface area contributed by atoms with Crippen molar-refractivity contribution in [1.29, 1.82) is 0 Å². The van der Waals surface area contributed by atoms with E-state index in [1.807, 2.05) is 34.9 Å². The second kappa shape index (κ2) is 10.2. The molecule has 5 heterocycles. The minimum atomic E-state index is 0.105. The maximum absolute atomic E-state index is 12.2. The van der Waals surface area contributed by atoms with Crippen molar-refractivity contribution in [2.75, 3.05) is 38.2 Å². The number of nitrogens with zero attached hydrogens (tertiary/aromatic N) is 7. The van der Waals surface area contributed by atoms with Gasteiger partial charge in [-0.1, -0.05) is 24.3 Å². The Morgan fingerprint density at radius 2 is 1.92 bits per heavy atom. The largest absolute Gasteiger partial charge is 0.464 e. The summed E-state index contributed by atoms with van der Waals surface area (Å²) in [5.41, 5.74) is 4.51. The summed E-state index contributed by atoms with van der Waals surface area (Å²) in [5, 5.41) is 0. The van der Waals surface area contributed by atoms with E-state index in [2.05, 4.69) is 26.8 Å². The van der Waals surface area contributed by atoms with Crippen LogP contribution in [0.25, 0.3) is 32.9 Å². The second-order valence-electron chi connectivity index (χ2n) is 10.0. The van der Waals surface area contributed by atoms with Gasteiger partial charge in [-0.3, -0.25) is 14.1 Å². The number of benzene rings is 1. The third kappa shape index (κ3) is 4.59. The number of hydrogen-bond donors (Lipinski definition) is 0. The first-order valence-electron chi connectivity index (χ1n) is 13.0. The molecule has 1 aromatic carbocycles.